The summed E-state index contributed by atoms with van der Waals surface area (Å²) in [5.74, 6) is 5.87. The van der Waals surface area contributed by atoms with E-state index < -0.39 is 16.1 Å². The van der Waals surface area contributed by atoms with Crippen LogP contribution in [0.2, 0.25) is 0 Å². The monoisotopic (exact) mass is 376 g/mol. The quantitative estimate of drug-likeness (QED) is 0.316. The molecule has 1 N–H and O–H groups in total. The van der Waals surface area contributed by atoms with Gasteiger partial charge in [-0.05, 0) is 34.0 Å². The smallest absolute Gasteiger partial charge is 0.210 e. The summed E-state index contributed by atoms with van der Waals surface area (Å²) in [5, 5.41) is 5.66. The van der Waals surface area contributed by atoms with Gasteiger partial charge in [0.05, 0.1) is 11.9 Å². The highest BCUT2D eigenvalue weighted by Gasteiger charge is 2.14. The standard InChI is InChI=1S/C20H16N4O2S/c1-27(25,26)23-20(13-12-16-7-4-5-9-19(16)22-24-21)18-11-10-15-6-2-3-8-17(15)14-18/h2-11,14,20,23H,1H3. The minimum atomic E-state index is -3.48. The average molecular weight is 376 g/mol. The predicted octanol–water partition coefficient (Wildman–Crippen LogP) is 4.42. The molecule has 0 aliphatic carbocycles. The maximum absolute atomic E-state index is 11.8. The summed E-state index contributed by atoms with van der Waals surface area (Å²) in [4.78, 5) is 2.79. The fourth-order valence-corrected chi connectivity index (χ4v) is 3.27. The number of hydrogen-bond acceptors (Lipinski definition) is 3. The van der Waals surface area contributed by atoms with E-state index in [1.807, 2.05) is 42.5 Å². The van der Waals surface area contributed by atoms with Crippen LogP contribution in [0.25, 0.3) is 21.2 Å². The van der Waals surface area contributed by atoms with E-state index in [9.17, 15) is 8.42 Å². The number of nitrogens with zero attached hydrogens (tertiary/aromatic N) is 3. The van der Waals surface area contributed by atoms with Gasteiger partial charge in [-0.15, -0.1) is 0 Å². The van der Waals surface area contributed by atoms with Gasteiger partial charge in [0.1, 0.15) is 6.04 Å². The topological polar surface area (TPSA) is 94.9 Å². The van der Waals surface area contributed by atoms with Crippen molar-refractivity contribution in [1.29, 1.82) is 0 Å². The van der Waals surface area contributed by atoms with E-state index in [-0.39, 0.29) is 0 Å². The van der Waals surface area contributed by atoms with Crippen molar-refractivity contribution in [2.24, 2.45) is 5.11 Å². The van der Waals surface area contributed by atoms with Crippen LogP contribution in [-0.2, 0) is 10.0 Å². The van der Waals surface area contributed by atoms with Gasteiger partial charge in [0.15, 0.2) is 0 Å². The molecule has 0 bridgehead atoms. The summed E-state index contributed by atoms with van der Waals surface area (Å²) in [5.41, 5.74) is 10.3. The van der Waals surface area contributed by atoms with Crippen LogP contribution >= 0.6 is 0 Å². The van der Waals surface area contributed by atoms with Crippen molar-refractivity contribution in [3.8, 4) is 11.8 Å². The normalized spacial score (nSPS) is 11.9. The van der Waals surface area contributed by atoms with Gasteiger partial charge in [-0.25, -0.2) is 8.42 Å². The number of rotatable bonds is 4. The molecular formula is C20H16N4O2S. The van der Waals surface area contributed by atoms with Crippen molar-refractivity contribution in [2.75, 3.05) is 6.26 Å². The Balaban J connectivity index is 2.06. The second-order valence-electron chi connectivity index (χ2n) is 5.91. The molecule has 7 heteroatoms. The number of sulfonamides is 1. The fraction of sp³-hybridized carbons (Fsp3) is 0.100. The molecule has 0 saturated carbocycles. The van der Waals surface area contributed by atoms with Gasteiger partial charge in [0.2, 0.25) is 10.0 Å². The first-order valence-corrected chi connectivity index (χ1v) is 9.97. The number of azide groups is 1. The van der Waals surface area contributed by atoms with Crippen LogP contribution in [0.4, 0.5) is 5.69 Å². The molecule has 3 aromatic carbocycles. The summed E-state index contributed by atoms with van der Waals surface area (Å²) in [7, 11) is -3.48. The van der Waals surface area contributed by atoms with Crippen LogP contribution in [0.15, 0.2) is 71.8 Å². The van der Waals surface area contributed by atoms with Crippen molar-refractivity contribution in [3.05, 3.63) is 88.3 Å². The first kappa shape index (κ1) is 18.5. The Morgan fingerprint density at radius 3 is 2.48 bits per heavy atom. The lowest BCUT2D eigenvalue weighted by Crippen LogP contribution is -2.26. The third kappa shape index (κ3) is 4.87. The third-order valence-corrected chi connectivity index (χ3v) is 4.51. The van der Waals surface area contributed by atoms with E-state index in [1.165, 1.54) is 0 Å². The molecule has 0 aliphatic rings. The van der Waals surface area contributed by atoms with Gasteiger partial charge in [0, 0.05) is 10.5 Å². The van der Waals surface area contributed by atoms with Crippen LogP contribution in [-0.4, -0.2) is 14.7 Å². The Morgan fingerprint density at radius 1 is 1.04 bits per heavy atom. The lowest BCUT2D eigenvalue weighted by molar-refractivity contribution is 0.582. The Morgan fingerprint density at radius 2 is 1.74 bits per heavy atom. The van der Waals surface area contributed by atoms with Gasteiger partial charge in [0.25, 0.3) is 0 Å². The molecule has 1 unspecified atom stereocenters. The Bertz CT molecular complexity index is 1200. The Labute approximate surface area is 157 Å². The molecule has 0 aromatic heterocycles. The minimum Gasteiger partial charge on any atom is -0.213 e. The summed E-state index contributed by atoms with van der Waals surface area (Å²) in [6.07, 6.45) is 1.09. The van der Waals surface area contributed by atoms with Crippen LogP contribution in [0.1, 0.15) is 17.2 Å². The second-order valence-corrected chi connectivity index (χ2v) is 7.69. The van der Waals surface area contributed by atoms with Gasteiger partial charge in [-0.3, -0.25) is 0 Å². The summed E-state index contributed by atoms with van der Waals surface area (Å²) >= 11 is 0. The molecular weight excluding hydrogens is 360 g/mol. The highest BCUT2D eigenvalue weighted by Crippen LogP contribution is 2.22. The van der Waals surface area contributed by atoms with Gasteiger partial charge < -0.3 is 0 Å². The van der Waals surface area contributed by atoms with E-state index in [0.29, 0.717) is 11.3 Å². The van der Waals surface area contributed by atoms with Crippen molar-refractivity contribution < 1.29 is 8.42 Å². The number of benzene rings is 3. The Hall–Kier alpha value is -3.30. The van der Waals surface area contributed by atoms with Gasteiger partial charge in [-0.1, -0.05) is 71.6 Å². The number of fused-ring (bicyclic) bond motifs is 1. The second kappa shape index (κ2) is 7.94. The number of hydrogen-bond donors (Lipinski definition) is 1. The average Bonchev–Trinajstić information content (AvgIpc) is 2.65. The molecule has 0 fully saturated rings. The molecule has 134 valence electrons. The third-order valence-electron chi connectivity index (χ3n) is 3.85. The summed E-state index contributed by atoms with van der Waals surface area (Å²) in [6, 6.07) is 19.6. The number of nitrogens with one attached hydrogen (secondary N) is 1. The molecule has 0 saturated heterocycles. The van der Waals surface area contributed by atoms with Crippen molar-refractivity contribution >= 4 is 26.5 Å². The molecule has 0 aliphatic heterocycles. The highest BCUT2D eigenvalue weighted by atomic mass is 32.2. The van der Waals surface area contributed by atoms with Crippen LogP contribution < -0.4 is 4.72 Å². The molecule has 0 spiro atoms. The van der Waals surface area contributed by atoms with E-state index in [0.717, 1.165) is 22.6 Å². The first-order valence-electron chi connectivity index (χ1n) is 8.08. The summed E-state index contributed by atoms with van der Waals surface area (Å²) < 4.78 is 26.2. The van der Waals surface area contributed by atoms with Crippen molar-refractivity contribution in [2.45, 2.75) is 6.04 Å². The van der Waals surface area contributed by atoms with E-state index >= 15 is 0 Å². The van der Waals surface area contributed by atoms with Gasteiger partial charge in [-0.2, -0.15) is 4.72 Å². The van der Waals surface area contributed by atoms with Crippen molar-refractivity contribution in [3.63, 3.8) is 0 Å². The minimum absolute atomic E-state index is 0.393. The fourth-order valence-electron chi connectivity index (χ4n) is 2.65. The van der Waals surface area contributed by atoms with E-state index in [4.69, 9.17) is 5.53 Å². The van der Waals surface area contributed by atoms with Crippen molar-refractivity contribution in [1.82, 2.24) is 4.72 Å². The molecule has 0 heterocycles. The zero-order chi connectivity index (χ0) is 19.3. The molecule has 6 nitrogen and oxygen atoms in total. The maximum Gasteiger partial charge on any atom is 0.210 e. The van der Waals surface area contributed by atoms with Crippen LogP contribution in [0, 0.1) is 11.8 Å². The molecule has 0 amide bonds. The molecule has 3 rings (SSSR count). The van der Waals surface area contributed by atoms with Gasteiger partial charge >= 0.3 is 0 Å². The molecule has 27 heavy (non-hydrogen) atoms. The lowest BCUT2D eigenvalue weighted by Gasteiger charge is -2.13. The van der Waals surface area contributed by atoms with Crippen LogP contribution in [0.5, 0.6) is 0 Å². The zero-order valence-electron chi connectivity index (χ0n) is 14.5. The molecule has 1 atom stereocenters. The first-order chi connectivity index (χ1) is 13.0. The highest BCUT2D eigenvalue weighted by molar-refractivity contribution is 7.88. The maximum atomic E-state index is 11.8. The summed E-state index contributed by atoms with van der Waals surface area (Å²) in [6.45, 7) is 0. The molecule has 3 aromatic rings. The Kier molecular flexibility index (Phi) is 5.43. The largest absolute Gasteiger partial charge is 0.213 e. The lowest BCUT2D eigenvalue weighted by atomic mass is 10.0. The van der Waals surface area contributed by atoms with Crippen LogP contribution in [0.3, 0.4) is 0 Å². The van der Waals surface area contributed by atoms with E-state index in [1.54, 1.807) is 24.3 Å². The SMILES string of the molecule is CS(=O)(=O)NC(C#Cc1ccccc1N=[N+]=[N-])c1ccc2ccccc2c1. The predicted molar refractivity (Wildman–Crippen MR) is 107 cm³/mol. The zero-order valence-corrected chi connectivity index (χ0v) is 15.3. The van der Waals surface area contributed by atoms with E-state index in [2.05, 4.69) is 26.6 Å². The molecule has 0 radical (unpaired) electrons.